The first-order valence-electron chi connectivity index (χ1n) is 12.7. The van der Waals surface area contributed by atoms with Gasteiger partial charge >= 0.3 is 0 Å². The highest BCUT2D eigenvalue weighted by Crippen LogP contribution is 2.42. The number of nitrogens with zero attached hydrogens (tertiary/aromatic N) is 1. The van der Waals surface area contributed by atoms with Crippen molar-refractivity contribution in [2.24, 2.45) is 29.6 Å². The summed E-state index contributed by atoms with van der Waals surface area (Å²) in [6.07, 6.45) is 10.4. The standard InChI is InChI=1S/C26H47NO4/c1-18(2)9-7-10-19(3)11-8-12-22-13-14-23-24(15-22)26(29)27(25(23)28)16-20(4)31-17-21(5)30-6/h18-24H,7-17H2,1-6H3. The van der Waals surface area contributed by atoms with E-state index in [-0.39, 0.29) is 35.9 Å². The first-order chi connectivity index (χ1) is 14.7. The lowest BCUT2D eigenvalue weighted by atomic mass is 9.73. The van der Waals surface area contributed by atoms with Crippen molar-refractivity contribution in [3.05, 3.63) is 0 Å². The monoisotopic (exact) mass is 437 g/mol. The van der Waals surface area contributed by atoms with Crippen LogP contribution in [0.4, 0.5) is 0 Å². The van der Waals surface area contributed by atoms with Crippen molar-refractivity contribution in [2.75, 3.05) is 20.3 Å². The smallest absolute Gasteiger partial charge is 0.233 e. The van der Waals surface area contributed by atoms with E-state index in [1.54, 1.807) is 7.11 Å². The van der Waals surface area contributed by atoms with E-state index < -0.39 is 0 Å². The predicted octanol–water partition coefficient (Wildman–Crippen LogP) is 5.46. The zero-order valence-electron chi connectivity index (χ0n) is 20.9. The zero-order chi connectivity index (χ0) is 23.0. The molecule has 5 heteroatoms. The van der Waals surface area contributed by atoms with Gasteiger partial charge < -0.3 is 9.47 Å². The molecule has 2 fully saturated rings. The normalized spacial score (nSPS) is 26.9. The summed E-state index contributed by atoms with van der Waals surface area (Å²) >= 11 is 0. The first kappa shape index (κ1) is 26.3. The van der Waals surface area contributed by atoms with Gasteiger partial charge in [0.05, 0.1) is 37.2 Å². The summed E-state index contributed by atoms with van der Waals surface area (Å²) in [6, 6.07) is 0. The molecule has 2 amide bonds. The Morgan fingerprint density at radius 1 is 0.903 bits per heavy atom. The Bertz CT molecular complexity index is 564. The fourth-order valence-electron chi connectivity index (χ4n) is 5.23. The van der Waals surface area contributed by atoms with E-state index in [9.17, 15) is 9.59 Å². The molecule has 0 spiro atoms. The molecule has 2 aliphatic rings. The van der Waals surface area contributed by atoms with Crippen LogP contribution < -0.4 is 0 Å². The van der Waals surface area contributed by atoms with E-state index in [1.807, 2.05) is 13.8 Å². The van der Waals surface area contributed by atoms with Crippen LogP contribution >= 0.6 is 0 Å². The SMILES string of the molecule is COC(C)COC(C)CN1C(=O)C2CCC(CCCC(C)CCCC(C)C)CC2C1=O. The minimum Gasteiger partial charge on any atom is -0.379 e. The van der Waals surface area contributed by atoms with Crippen LogP contribution in [0.1, 0.15) is 92.4 Å². The molecule has 1 saturated carbocycles. The second-order valence-corrected chi connectivity index (χ2v) is 10.7. The lowest BCUT2D eigenvalue weighted by Gasteiger charge is -2.29. The van der Waals surface area contributed by atoms with E-state index in [2.05, 4.69) is 20.8 Å². The maximum atomic E-state index is 13.0. The van der Waals surface area contributed by atoms with Crippen LogP contribution in [0.2, 0.25) is 0 Å². The summed E-state index contributed by atoms with van der Waals surface area (Å²) in [6.45, 7) is 11.7. The molecule has 1 saturated heterocycles. The number of likely N-dealkylation sites (tertiary alicyclic amines) is 1. The van der Waals surface area contributed by atoms with Gasteiger partial charge in [-0.25, -0.2) is 0 Å². The average Bonchev–Trinajstić information content (AvgIpc) is 2.96. The molecule has 31 heavy (non-hydrogen) atoms. The average molecular weight is 438 g/mol. The lowest BCUT2D eigenvalue weighted by Crippen LogP contribution is -2.38. The molecule has 0 aromatic rings. The minimum absolute atomic E-state index is 0.00805. The largest absolute Gasteiger partial charge is 0.379 e. The molecule has 0 aromatic heterocycles. The number of amides is 2. The van der Waals surface area contributed by atoms with E-state index in [4.69, 9.17) is 9.47 Å². The maximum Gasteiger partial charge on any atom is 0.233 e. The number of fused-ring (bicyclic) bond motifs is 1. The molecule has 5 nitrogen and oxygen atoms in total. The van der Waals surface area contributed by atoms with Crippen molar-refractivity contribution in [1.29, 1.82) is 0 Å². The number of rotatable bonds is 14. The van der Waals surface area contributed by atoms with Crippen molar-refractivity contribution < 1.29 is 19.1 Å². The fraction of sp³-hybridized carbons (Fsp3) is 0.923. The second-order valence-electron chi connectivity index (χ2n) is 10.7. The van der Waals surface area contributed by atoms with E-state index >= 15 is 0 Å². The van der Waals surface area contributed by atoms with Gasteiger partial charge in [-0.2, -0.15) is 0 Å². The zero-order valence-corrected chi connectivity index (χ0v) is 20.9. The number of hydrogen-bond donors (Lipinski definition) is 0. The number of ether oxygens (including phenoxy) is 2. The summed E-state index contributed by atoms with van der Waals surface area (Å²) in [4.78, 5) is 27.4. The van der Waals surface area contributed by atoms with Crippen LogP contribution in [0.25, 0.3) is 0 Å². The Labute approximate surface area is 190 Å². The van der Waals surface area contributed by atoms with Crippen molar-refractivity contribution in [3.8, 4) is 0 Å². The summed E-state index contributed by atoms with van der Waals surface area (Å²) in [5.41, 5.74) is 0. The topological polar surface area (TPSA) is 55.8 Å². The van der Waals surface area contributed by atoms with Gasteiger partial charge in [-0.1, -0.05) is 59.3 Å². The summed E-state index contributed by atoms with van der Waals surface area (Å²) < 4.78 is 11.0. The second kappa shape index (κ2) is 12.9. The van der Waals surface area contributed by atoms with Gasteiger partial charge in [0.2, 0.25) is 11.8 Å². The van der Waals surface area contributed by atoms with Gasteiger partial charge in [0, 0.05) is 7.11 Å². The molecule has 0 bridgehead atoms. The Hall–Kier alpha value is -0.940. The number of methoxy groups -OCH3 is 1. The van der Waals surface area contributed by atoms with Crippen molar-refractivity contribution in [2.45, 2.75) is 105 Å². The van der Waals surface area contributed by atoms with Crippen molar-refractivity contribution >= 4 is 11.8 Å². The van der Waals surface area contributed by atoms with Crippen LogP contribution in [0, 0.1) is 29.6 Å². The number of carbonyl (C=O) groups excluding carboxylic acids is 2. The number of hydrogen-bond acceptors (Lipinski definition) is 4. The Balaban J connectivity index is 1.74. The molecule has 0 N–H and O–H groups in total. The Kier molecular flexibility index (Phi) is 11.0. The quantitative estimate of drug-likeness (QED) is 0.339. The molecular formula is C26H47NO4. The molecule has 180 valence electrons. The highest BCUT2D eigenvalue weighted by Gasteiger charge is 2.50. The molecule has 6 unspecified atom stereocenters. The van der Waals surface area contributed by atoms with Gasteiger partial charge in [-0.05, 0) is 50.9 Å². The van der Waals surface area contributed by atoms with E-state index in [0.717, 1.165) is 31.1 Å². The number of imide groups is 1. The highest BCUT2D eigenvalue weighted by molar-refractivity contribution is 6.05. The van der Waals surface area contributed by atoms with Gasteiger partial charge in [-0.3, -0.25) is 14.5 Å². The van der Waals surface area contributed by atoms with Gasteiger partial charge in [0.25, 0.3) is 0 Å². The molecule has 6 atom stereocenters. The Morgan fingerprint density at radius 2 is 1.58 bits per heavy atom. The molecule has 0 aromatic carbocycles. The van der Waals surface area contributed by atoms with E-state index in [1.165, 1.54) is 43.4 Å². The summed E-state index contributed by atoms with van der Waals surface area (Å²) in [5.74, 6) is 2.07. The molecule has 0 radical (unpaired) electrons. The predicted molar refractivity (Wildman–Crippen MR) is 125 cm³/mol. The minimum atomic E-state index is -0.168. The maximum absolute atomic E-state index is 13.0. The van der Waals surface area contributed by atoms with Crippen molar-refractivity contribution in [3.63, 3.8) is 0 Å². The fourth-order valence-corrected chi connectivity index (χ4v) is 5.23. The van der Waals surface area contributed by atoms with Crippen LogP contribution in [-0.4, -0.2) is 49.2 Å². The third kappa shape index (κ3) is 8.16. The van der Waals surface area contributed by atoms with Crippen LogP contribution in [0.5, 0.6) is 0 Å². The van der Waals surface area contributed by atoms with Crippen LogP contribution in [0.15, 0.2) is 0 Å². The van der Waals surface area contributed by atoms with Crippen molar-refractivity contribution in [1.82, 2.24) is 4.90 Å². The van der Waals surface area contributed by atoms with Gasteiger partial charge in [0.1, 0.15) is 0 Å². The van der Waals surface area contributed by atoms with E-state index in [0.29, 0.717) is 19.1 Å². The molecule has 1 heterocycles. The van der Waals surface area contributed by atoms with Crippen LogP contribution in [-0.2, 0) is 19.1 Å². The van der Waals surface area contributed by atoms with Crippen LogP contribution in [0.3, 0.4) is 0 Å². The summed E-state index contributed by atoms with van der Waals surface area (Å²) in [5, 5.41) is 0. The third-order valence-electron chi connectivity index (χ3n) is 7.37. The Morgan fingerprint density at radius 3 is 2.26 bits per heavy atom. The highest BCUT2D eigenvalue weighted by atomic mass is 16.5. The van der Waals surface area contributed by atoms with Gasteiger partial charge in [-0.15, -0.1) is 0 Å². The molecule has 1 aliphatic carbocycles. The molecule has 1 aliphatic heterocycles. The van der Waals surface area contributed by atoms with Gasteiger partial charge in [0.15, 0.2) is 0 Å². The number of carbonyl (C=O) groups is 2. The molecule has 2 rings (SSSR count). The summed E-state index contributed by atoms with van der Waals surface area (Å²) in [7, 11) is 1.65. The third-order valence-corrected chi connectivity index (χ3v) is 7.37. The molecular weight excluding hydrogens is 390 g/mol. The lowest BCUT2D eigenvalue weighted by molar-refractivity contribution is -0.142. The first-order valence-corrected chi connectivity index (χ1v) is 12.7.